The molecule has 0 amide bonds. The summed E-state index contributed by atoms with van der Waals surface area (Å²) in [5, 5.41) is 5.43. The summed E-state index contributed by atoms with van der Waals surface area (Å²) in [6, 6.07) is 8.11. The van der Waals surface area contributed by atoms with Gasteiger partial charge in [-0.05, 0) is 37.0 Å². The molecule has 0 atom stereocenters. The lowest BCUT2D eigenvalue weighted by Crippen LogP contribution is -2.19. The smallest absolute Gasteiger partial charge is 0.167 e. The average Bonchev–Trinajstić information content (AvgIpc) is 2.74. The quantitative estimate of drug-likeness (QED) is 0.768. The molecular formula is C12H13NOS2. The number of para-hydroxylation sites is 1. The van der Waals surface area contributed by atoms with Gasteiger partial charge in [0.05, 0.1) is 0 Å². The molecule has 4 heteroatoms. The molecule has 2 heterocycles. The number of nitrogens with zero attached hydrogens (tertiary/aromatic N) is 1. The van der Waals surface area contributed by atoms with E-state index in [1.807, 2.05) is 41.7 Å². The van der Waals surface area contributed by atoms with Crippen LogP contribution in [0.3, 0.4) is 0 Å². The highest BCUT2D eigenvalue weighted by molar-refractivity contribution is 8.18. The molecule has 2 nitrogen and oxygen atoms in total. The standard InChI is InChI=1S/C12H13NOS2/c1-12(15-7-4-8-16-12)11-9-5-2-3-6-10(9)14-13-11/h2-3,5-6H,4,7-8H2,1H3. The number of fused-ring (bicyclic) bond motifs is 1. The van der Waals surface area contributed by atoms with Crippen molar-refractivity contribution in [3.8, 4) is 0 Å². The second-order valence-corrected chi connectivity index (χ2v) is 7.31. The number of benzene rings is 1. The molecule has 1 aromatic heterocycles. The van der Waals surface area contributed by atoms with E-state index in [2.05, 4.69) is 18.1 Å². The first kappa shape index (κ1) is 10.5. The Kier molecular flexibility index (Phi) is 2.64. The molecule has 1 aliphatic rings. The zero-order valence-electron chi connectivity index (χ0n) is 9.10. The number of thioether (sulfide) groups is 2. The Morgan fingerprint density at radius 3 is 2.81 bits per heavy atom. The van der Waals surface area contributed by atoms with Crippen LogP contribution in [0.2, 0.25) is 0 Å². The van der Waals surface area contributed by atoms with Gasteiger partial charge in [0.25, 0.3) is 0 Å². The van der Waals surface area contributed by atoms with E-state index in [4.69, 9.17) is 4.52 Å². The summed E-state index contributed by atoms with van der Waals surface area (Å²) in [6.07, 6.45) is 1.29. The molecule has 1 fully saturated rings. The molecular weight excluding hydrogens is 238 g/mol. The molecule has 0 unspecified atom stereocenters. The van der Waals surface area contributed by atoms with Crippen LogP contribution in [0.1, 0.15) is 19.0 Å². The van der Waals surface area contributed by atoms with E-state index in [9.17, 15) is 0 Å². The summed E-state index contributed by atoms with van der Waals surface area (Å²) in [5.74, 6) is 2.43. The predicted octanol–water partition coefficient (Wildman–Crippen LogP) is 3.87. The predicted molar refractivity (Wildman–Crippen MR) is 70.9 cm³/mol. The third-order valence-electron chi connectivity index (χ3n) is 2.85. The first-order valence-electron chi connectivity index (χ1n) is 5.42. The van der Waals surface area contributed by atoms with Crippen LogP contribution in [0, 0.1) is 0 Å². The molecule has 0 saturated carbocycles. The normalized spacial score (nSPS) is 20.1. The molecule has 0 N–H and O–H groups in total. The summed E-state index contributed by atoms with van der Waals surface area (Å²) in [6.45, 7) is 2.26. The van der Waals surface area contributed by atoms with Crippen LogP contribution < -0.4 is 0 Å². The third-order valence-corrected chi connectivity index (χ3v) is 6.03. The SMILES string of the molecule is CC1(c2noc3ccccc23)SCCCS1. The fourth-order valence-electron chi connectivity index (χ4n) is 1.98. The second kappa shape index (κ2) is 4.00. The minimum absolute atomic E-state index is 0.0604. The number of rotatable bonds is 1. The van der Waals surface area contributed by atoms with Crippen LogP contribution in [0.5, 0.6) is 0 Å². The monoisotopic (exact) mass is 251 g/mol. The van der Waals surface area contributed by atoms with Gasteiger partial charge in [-0.1, -0.05) is 17.3 Å². The Bertz CT molecular complexity index is 502. The molecule has 2 aromatic rings. The van der Waals surface area contributed by atoms with Gasteiger partial charge in [0.15, 0.2) is 5.58 Å². The second-order valence-electron chi connectivity index (χ2n) is 4.02. The van der Waals surface area contributed by atoms with Gasteiger partial charge in [0.1, 0.15) is 9.77 Å². The van der Waals surface area contributed by atoms with Crippen LogP contribution >= 0.6 is 23.5 Å². The van der Waals surface area contributed by atoms with Crippen molar-refractivity contribution in [1.29, 1.82) is 0 Å². The zero-order chi connectivity index (χ0) is 11.0. The highest BCUT2D eigenvalue weighted by Crippen LogP contribution is 2.50. The molecule has 3 rings (SSSR count). The largest absolute Gasteiger partial charge is 0.356 e. The van der Waals surface area contributed by atoms with Crippen LogP contribution in [0.4, 0.5) is 0 Å². The van der Waals surface area contributed by atoms with Gasteiger partial charge in [-0.25, -0.2) is 0 Å². The van der Waals surface area contributed by atoms with E-state index in [-0.39, 0.29) is 4.08 Å². The summed E-state index contributed by atoms with van der Waals surface area (Å²) < 4.78 is 5.45. The highest BCUT2D eigenvalue weighted by Gasteiger charge is 2.35. The van der Waals surface area contributed by atoms with Crippen molar-refractivity contribution in [3.63, 3.8) is 0 Å². The van der Waals surface area contributed by atoms with Gasteiger partial charge in [-0.3, -0.25) is 0 Å². The van der Waals surface area contributed by atoms with Gasteiger partial charge in [0, 0.05) is 5.39 Å². The van der Waals surface area contributed by atoms with Gasteiger partial charge in [-0.2, -0.15) is 0 Å². The van der Waals surface area contributed by atoms with E-state index in [0.717, 1.165) is 16.7 Å². The summed E-state index contributed by atoms with van der Waals surface area (Å²) in [7, 11) is 0. The molecule has 1 saturated heterocycles. The van der Waals surface area contributed by atoms with Crippen molar-refractivity contribution in [2.45, 2.75) is 17.4 Å². The lowest BCUT2D eigenvalue weighted by atomic mass is 10.2. The minimum atomic E-state index is 0.0604. The first-order chi connectivity index (χ1) is 7.80. The van der Waals surface area contributed by atoms with Crippen molar-refractivity contribution in [1.82, 2.24) is 5.16 Å². The van der Waals surface area contributed by atoms with Crippen molar-refractivity contribution in [2.24, 2.45) is 0 Å². The van der Waals surface area contributed by atoms with Crippen molar-refractivity contribution < 1.29 is 4.52 Å². The maximum Gasteiger partial charge on any atom is 0.167 e. The molecule has 0 radical (unpaired) electrons. The Balaban J connectivity index is 2.11. The topological polar surface area (TPSA) is 26.0 Å². The summed E-state index contributed by atoms with van der Waals surface area (Å²) in [5.41, 5.74) is 1.99. The summed E-state index contributed by atoms with van der Waals surface area (Å²) >= 11 is 3.96. The maximum atomic E-state index is 5.39. The highest BCUT2D eigenvalue weighted by atomic mass is 32.2. The molecule has 1 aromatic carbocycles. The molecule has 0 bridgehead atoms. The van der Waals surface area contributed by atoms with E-state index in [1.54, 1.807) is 0 Å². The molecule has 0 spiro atoms. The van der Waals surface area contributed by atoms with Crippen molar-refractivity contribution >= 4 is 34.5 Å². The fraction of sp³-hybridized carbons (Fsp3) is 0.417. The first-order valence-corrected chi connectivity index (χ1v) is 7.39. The summed E-state index contributed by atoms with van der Waals surface area (Å²) in [4.78, 5) is 0. The van der Waals surface area contributed by atoms with Crippen molar-refractivity contribution in [3.05, 3.63) is 30.0 Å². The molecule has 84 valence electrons. The van der Waals surface area contributed by atoms with E-state index < -0.39 is 0 Å². The Morgan fingerprint density at radius 1 is 1.25 bits per heavy atom. The van der Waals surface area contributed by atoms with Crippen molar-refractivity contribution in [2.75, 3.05) is 11.5 Å². The Morgan fingerprint density at radius 2 is 2.00 bits per heavy atom. The van der Waals surface area contributed by atoms with Crippen LogP contribution in [-0.4, -0.2) is 16.7 Å². The third kappa shape index (κ3) is 1.64. The molecule has 1 aliphatic heterocycles. The minimum Gasteiger partial charge on any atom is -0.356 e. The zero-order valence-corrected chi connectivity index (χ0v) is 10.7. The number of aromatic nitrogens is 1. The van der Waals surface area contributed by atoms with Crippen LogP contribution in [-0.2, 0) is 4.08 Å². The maximum absolute atomic E-state index is 5.39. The number of hydrogen-bond donors (Lipinski definition) is 0. The fourth-order valence-corrected chi connectivity index (χ4v) is 4.92. The number of hydrogen-bond acceptors (Lipinski definition) is 4. The lowest BCUT2D eigenvalue weighted by Gasteiger charge is -2.30. The average molecular weight is 251 g/mol. The van der Waals surface area contributed by atoms with Gasteiger partial charge < -0.3 is 4.52 Å². The van der Waals surface area contributed by atoms with Gasteiger partial charge in [0.2, 0.25) is 0 Å². The van der Waals surface area contributed by atoms with Gasteiger partial charge in [-0.15, -0.1) is 23.5 Å². The van der Waals surface area contributed by atoms with Crippen LogP contribution in [0.15, 0.2) is 28.8 Å². The van der Waals surface area contributed by atoms with E-state index in [1.165, 1.54) is 17.9 Å². The van der Waals surface area contributed by atoms with Gasteiger partial charge >= 0.3 is 0 Å². The Labute approximate surface area is 103 Å². The van der Waals surface area contributed by atoms with Crippen LogP contribution in [0.25, 0.3) is 11.0 Å². The van der Waals surface area contributed by atoms with E-state index in [0.29, 0.717) is 0 Å². The Hall–Kier alpha value is -0.610. The molecule has 0 aliphatic carbocycles. The van der Waals surface area contributed by atoms with E-state index >= 15 is 0 Å². The lowest BCUT2D eigenvalue weighted by molar-refractivity contribution is 0.444. The molecule has 16 heavy (non-hydrogen) atoms.